The Morgan fingerprint density at radius 3 is 0.889 bits per heavy atom. The average Bonchev–Trinajstić information content (AvgIpc) is 4.25. The Labute approximate surface area is 463 Å². The summed E-state index contributed by atoms with van der Waals surface area (Å²) in [5.74, 6) is 6.74. The number of thioether (sulfide) groups is 10. The molecule has 10 aliphatic heterocycles. The van der Waals surface area contributed by atoms with Gasteiger partial charge >= 0.3 is 0 Å². The number of carbonyl (C=O) groups excluding carboxylic acids is 1. The lowest BCUT2D eigenvalue weighted by molar-refractivity contribution is -0.236. The van der Waals surface area contributed by atoms with Gasteiger partial charge in [-0.2, -0.15) is 0 Å². The van der Waals surface area contributed by atoms with Gasteiger partial charge in [-0.1, -0.05) is 0 Å². The van der Waals surface area contributed by atoms with Crippen molar-refractivity contribution in [2.24, 2.45) is 83.4 Å². The second kappa shape index (κ2) is 20.9. The molecule has 0 N–H and O–H groups in total. The Balaban J connectivity index is 1.28. The highest BCUT2D eigenvalue weighted by atomic mass is 32.2. The van der Waals surface area contributed by atoms with Gasteiger partial charge < -0.3 is 18.9 Å². The molecule has 0 bridgehead atoms. The van der Waals surface area contributed by atoms with Crippen molar-refractivity contribution < 1.29 is 23.7 Å². The Morgan fingerprint density at radius 1 is 0.389 bits per heavy atom. The van der Waals surface area contributed by atoms with Crippen LogP contribution < -0.4 is 0 Å². The lowest BCUT2D eigenvalue weighted by Gasteiger charge is -2.71. The molecule has 384 valence electrons. The van der Waals surface area contributed by atoms with Crippen molar-refractivity contribution in [1.29, 1.82) is 0 Å². The Kier molecular flexibility index (Phi) is 15.0. The number of ether oxygens (including phenoxy) is 4. The predicted molar refractivity (Wildman–Crippen MR) is 319 cm³/mol. The fourth-order valence-corrected chi connectivity index (χ4v) is 26.2. The van der Waals surface area contributed by atoms with Crippen molar-refractivity contribution in [1.82, 2.24) is 0 Å². The minimum Gasteiger partial charge on any atom is -0.501 e. The first kappa shape index (κ1) is 51.6. The molecule has 0 amide bonds. The van der Waals surface area contributed by atoms with Crippen molar-refractivity contribution in [3.05, 3.63) is 23.7 Å². The molecular weight excluding hydrogens is 1110 g/mol. The number of carbonyl (C=O) groups is 1. The second-order valence-corrected chi connectivity index (χ2v) is 29.7. The van der Waals surface area contributed by atoms with Gasteiger partial charge in [0.15, 0.2) is 5.78 Å². The van der Waals surface area contributed by atoms with Gasteiger partial charge in [0.05, 0.1) is 48.4 Å². The van der Waals surface area contributed by atoms with E-state index in [4.69, 9.17) is 68.9 Å². The van der Waals surface area contributed by atoms with Crippen LogP contribution in [0, 0.1) is 33.5 Å². The summed E-state index contributed by atoms with van der Waals surface area (Å²) < 4.78 is 29.6. The molecule has 0 saturated carbocycles. The third-order valence-corrected chi connectivity index (χ3v) is 27.5. The highest BCUT2D eigenvalue weighted by Gasteiger charge is 2.89. The first-order chi connectivity index (χ1) is 35.4. The lowest BCUT2D eigenvalue weighted by Crippen LogP contribution is -2.84. The second-order valence-electron chi connectivity index (χ2n) is 18.5. The zero-order chi connectivity index (χ0) is 49.2. The molecule has 0 radical (unpaired) electrons. The van der Waals surface area contributed by atoms with Gasteiger partial charge in [0.25, 0.3) is 0 Å². The van der Waals surface area contributed by atoms with E-state index in [1.54, 1.807) is 146 Å². The van der Waals surface area contributed by atoms with Crippen molar-refractivity contribution in [3.63, 3.8) is 0 Å². The number of aliphatic imine (C=N–C) groups is 10. The Bertz CT molecular complexity index is 2320. The van der Waals surface area contributed by atoms with Crippen molar-refractivity contribution in [3.8, 4) is 0 Å². The standard InChI is InChI=1S/C47H56N10O5S10/c1-59-27-25-42(34-50-7-17-65-34,46(61-3,40-56-13-23-71-40)44(36-52-9-19-67-36,37-53-10-20-68-37)29(27)31-48-5-15-63-31)33(58)43(35-51-8-18-66-35)26-28(60-2)30(32-49-6-16-64-32)45(38-54-11-21-69-38,39-55-12-22-70-39)47(43,62-4)41-57-14-24-72-41/h5-14,25-26,29-32,34-41H,15-24H2,1-4H3. The third-order valence-electron chi connectivity index (χ3n) is 16.2. The van der Waals surface area contributed by atoms with Crippen LogP contribution in [0.2, 0.25) is 0 Å². The summed E-state index contributed by atoms with van der Waals surface area (Å²) in [6, 6.07) is 0. The number of nitrogens with zero attached hydrogens (tertiary/aromatic N) is 10. The number of hydrogen-bond acceptors (Lipinski definition) is 25. The van der Waals surface area contributed by atoms with Gasteiger partial charge in [0, 0.05) is 134 Å². The molecule has 0 aromatic rings. The molecule has 12 aliphatic rings. The van der Waals surface area contributed by atoms with Crippen LogP contribution in [-0.2, 0) is 23.7 Å². The quantitative estimate of drug-likeness (QED) is 0.154. The summed E-state index contributed by atoms with van der Waals surface area (Å²) in [4.78, 5) is 74.0. The zero-order valence-corrected chi connectivity index (χ0v) is 48.2. The fraction of sp³-hybridized carbons (Fsp3) is 0.681. The van der Waals surface area contributed by atoms with Crippen molar-refractivity contribution in [2.45, 2.75) is 64.9 Å². The minimum atomic E-state index is -1.73. The molecule has 16 atom stereocenters. The van der Waals surface area contributed by atoms with Gasteiger partial charge in [-0.25, -0.2) is 0 Å². The molecule has 0 aromatic heterocycles. The van der Waals surface area contributed by atoms with Crippen LogP contribution in [0.3, 0.4) is 0 Å². The molecule has 0 saturated heterocycles. The van der Waals surface area contributed by atoms with Crippen LogP contribution >= 0.6 is 118 Å². The molecular formula is C47H56N10O5S10. The summed E-state index contributed by atoms with van der Waals surface area (Å²) >= 11 is 17.3. The molecule has 25 heteroatoms. The first-order valence-corrected chi connectivity index (χ1v) is 34.4. The van der Waals surface area contributed by atoms with E-state index in [1.807, 2.05) is 62.1 Å². The van der Waals surface area contributed by atoms with Crippen LogP contribution in [0.4, 0.5) is 0 Å². The smallest absolute Gasteiger partial charge is 0.165 e. The molecule has 10 heterocycles. The third kappa shape index (κ3) is 7.00. The van der Waals surface area contributed by atoms with Gasteiger partial charge in [-0.15, -0.1) is 118 Å². The number of methoxy groups -OCH3 is 4. The highest BCUT2D eigenvalue weighted by Crippen LogP contribution is 2.78. The van der Waals surface area contributed by atoms with E-state index in [-0.39, 0.29) is 16.5 Å². The first-order valence-electron chi connectivity index (χ1n) is 23.9. The summed E-state index contributed by atoms with van der Waals surface area (Å²) in [7, 11) is 7.08. The SMILES string of the molecule is COC1=CC(C(=O)C2(C3N=CCS3)C=C(OC)C(C3N=CCS3)C(C3N=CCS3)(C3N=CCS3)C2(OC)C2N=CCS2)(C2N=CCS2)C(OC)(C2N=CCS2)C(C2N=CCS2)(C2N=CCS2)C1C1N=CCS1. The predicted octanol–water partition coefficient (Wildman–Crippen LogP) is 7.03. The van der Waals surface area contributed by atoms with Crippen LogP contribution in [0.5, 0.6) is 0 Å². The van der Waals surface area contributed by atoms with Crippen LogP contribution in [0.1, 0.15) is 0 Å². The minimum absolute atomic E-state index is 0.171. The van der Waals surface area contributed by atoms with E-state index < -0.39 is 87.7 Å². The molecule has 12 rings (SSSR count). The molecule has 72 heavy (non-hydrogen) atoms. The van der Waals surface area contributed by atoms with Gasteiger partial charge in [0.2, 0.25) is 0 Å². The lowest BCUT2D eigenvalue weighted by atomic mass is 9.41. The summed E-state index contributed by atoms with van der Waals surface area (Å²) in [6.07, 6.45) is 24.3. The largest absolute Gasteiger partial charge is 0.501 e. The summed E-state index contributed by atoms with van der Waals surface area (Å²) in [5, 5.41) is -5.27. The summed E-state index contributed by atoms with van der Waals surface area (Å²) in [5.41, 5.74) is -8.88. The Morgan fingerprint density at radius 2 is 0.653 bits per heavy atom. The maximum absolute atomic E-state index is 19.3. The number of hydrogen-bond donors (Lipinski definition) is 0. The van der Waals surface area contributed by atoms with E-state index in [0.717, 1.165) is 11.5 Å². The molecule has 0 spiro atoms. The normalized spacial score (nSPS) is 47.6. The monoisotopic (exact) mass is 1160 g/mol. The molecule has 2 aliphatic carbocycles. The van der Waals surface area contributed by atoms with Crippen LogP contribution in [0.15, 0.2) is 73.6 Å². The van der Waals surface area contributed by atoms with Crippen molar-refractivity contribution in [2.75, 3.05) is 86.0 Å². The zero-order valence-electron chi connectivity index (χ0n) is 40.0. The Hall–Kier alpha value is -1.13. The van der Waals surface area contributed by atoms with E-state index in [2.05, 4.69) is 12.2 Å². The van der Waals surface area contributed by atoms with Gasteiger partial charge in [-0.05, 0) is 12.2 Å². The van der Waals surface area contributed by atoms with E-state index in [9.17, 15) is 0 Å². The molecule has 0 fully saturated rings. The molecule has 16 unspecified atom stereocenters. The fourth-order valence-electron chi connectivity index (χ4n) is 14.0. The van der Waals surface area contributed by atoms with E-state index in [0.29, 0.717) is 57.5 Å². The average molecular weight is 1160 g/mol. The van der Waals surface area contributed by atoms with E-state index >= 15 is 4.79 Å². The molecule has 15 nitrogen and oxygen atoms in total. The maximum Gasteiger partial charge on any atom is 0.165 e. The van der Waals surface area contributed by atoms with Gasteiger partial charge in [-0.3, -0.25) is 54.7 Å². The summed E-state index contributed by atoms with van der Waals surface area (Å²) in [6.45, 7) is 0. The van der Waals surface area contributed by atoms with Gasteiger partial charge in [0.1, 0.15) is 75.8 Å². The van der Waals surface area contributed by atoms with Crippen LogP contribution in [0.25, 0.3) is 0 Å². The topological polar surface area (TPSA) is 178 Å². The van der Waals surface area contributed by atoms with Crippen molar-refractivity contribution >= 4 is 186 Å². The number of Topliss-reactive ketones (excluding diaryl/α,β-unsaturated/α-hetero) is 1. The maximum atomic E-state index is 19.3. The molecule has 0 aromatic carbocycles. The highest BCUT2D eigenvalue weighted by molar-refractivity contribution is 8.03. The van der Waals surface area contributed by atoms with E-state index in [1.165, 1.54) is 0 Å². The number of rotatable bonds is 16. The van der Waals surface area contributed by atoms with Crippen LogP contribution in [-0.4, -0.2) is 219 Å². The number of ketones is 1.